The number of ether oxygens (including phenoxy) is 2. The highest BCUT2D eigenvalue weighted by atomic mass is 16.5. The third-order valence-electron chi connectivity index (χ3n) is 6.88. The summed E-state index contributed by atoms with van der Waals surface area (Å²) in [5, 5.41) is 0. The van der Waals surface area contributed by atoms with Gasteiger partial charge in [0.2, 0.25) is 0 Å². The van der Waals surface area contributed by atoms with Gasteiger partial charge in [-0.05, 0) is 56.6 Å². The molecule has 0 radical (unpaired) electrons. The molecule has 4 nitrogen and oxygen atoms in total. The Kier molecular flexibility index (Phi) is 6.17. The molecule has 1 aromatic carbocycles. The molecule has 0 unspecified atom stereocenters. The molecule has 0 atom stereocenters. The van der Waals surface area contributed by atoms with Crippen LogP contribution in [0.25, 0.3) is 6.08 Å². The summed E-state index contributed by atoms with van der Waals surface area (Å²) in [7, 11) is 0. The fraction of sp³-hybridized carbons (Fsp3) is 0.625. The van der Waals surface area contributed by atoms with E-state index in [9.17, 15) is 4.79 Å². The summed E-state index contributed by atoms with van der Waals surface area (Å²) in [6, 6.07) is 9.43. The van der Waals surface area contributed by atoms with Crippen molar-refractivity contribution in [3.05, 3.63) is 41.0 Å². The van der Waals surface area contributed by atoms with Gasteiger partial charge in [-0.2, -0.15) is 0 Å². The largest absolute Gasteiger partial charge is 0.465 e. The molecule has 3 aliphatic rings. The Labute approximate surface area is 168 Å². The molecule has 152 valence electrons. The van der Waals surface area contributed by atoms with Crippen molar-refractivity contribution >= 4 is 12.0 Å². The van der Waals surface area contributed by atoms with E-state index in [1.807, 2.05) is 6.92 Å². The molecule has 0 bridgehead atoms. The highest BCUT2D eigenvalue weighted by Gasteiger charge is 2.43. The van der Waals surface area contributed by atoms with Gasteiger partial charge in [-0.1, -0.05) is 42.3 Å². The van der Waals surface area contributed by atoms with E-state index in [-0.39, 0.29) is 5.97 Å². The maximum atomic E-state index is 12.7. The molecule has 0 amide bonds. The van der Waals surface area contributed by atoms with Crippen LogP contribution >= 0.6 is 0 Å². The minimum atomic E-state index is -0.548. The first-order chi connectivity index (χ1) is 13.7. The standard InChI is InChI=1S/C24H33NO3/c1-2-28-23(26)24(12-16-27-17-13-24)21-8-6-19(7-9-21)18-20-10-14-25(15-11-20)22-4-3-5-22/h6-9,18,22H,2-5,10-17H2,1H3. The van der Waals surface area contributed by atoms with Crippen LogP contribution in [0.15, 0.2) is 29.8 Å². The lowest BCUT2D eigenvalue weighted by Crippen LogP contribution is -2.43. The first-order valence-corrected chi connectivity index (χ1v) is 11.0. The third kappa shape index (κ3) is 4.04. The first kappa shape index (κ1) is 19.7. The van der Waals surface area contributed by atoms with Crippen LogP contribution in [0.2, 0.25) is 0 Å². The quantitative estimate of drug-likeness (QED) is 0.710. The van der Waals surface area contributed by atoms with E-state index >= 15 is 0 Å². The molecular formula is C24H33NO3. The van der Waals surface area contributed by atoms with Crippen LogP contribution in [0.1, 0.15) is 63.0 Å². The summed E-state index contributed by atoms with van der Waals surface area (Å²) in [5.74, 6) is -0.104. The number of benzene rings is 1. The van der Waals surface area contributed by atoms with E-state index in [4.69, 9.17) is 9.47 Å². The predicted octanol–water partition coefficient (Wildman–Crippen LogP) is 4.33. The van der Waals surface area contributed by atoms with Gasteiger partial charge in [0, 0.05) is 32.3 Å². The van der Waals surface area contributed by atoms with Crippen LogP contribution in [0.3, 0.4) is 0 Å². The van der Waals surface area contributed by atoms with E-state index in [0.29, 0.717) is 32.7 Å². The van der Waals surface area contributed by atoms with Gasteiger partial charge >= 0.3 is 5.97 Å². The number of likely N-dealkylation sites (tertiary alicyclic amines) is 1. The van der Waals surface area contributed by atoms with Crippen molar-refractivity contribution in [3.63, 3.8) is 0 Å². The number of piperidine rings is 1. The van der Waals surface area contributed by atoms with Gasteiger partial charge in [-0.15, -0.1) is 0 Å². The fourth-order valence-electron chi connectivity index (χ4n) is 4.81. The smallest absolute Gasteiger partial charge is 0.316 e. The number of carbonyl (C=O) groups is 1. The Bertz CT molecular complexity index is 689. The molecule has 1 saturated carbocycles. The second-order valence-electron chi connectivity index (χ2n) is 8.46. The molecule has 4 heteroatoms. The van der Waals surface area contributed by atoms with Crippen molar-refractivity contribution < 1.29 is 14.3 Å². The Morgan fingerprint density at radius 1 is 1.18 bits per heavy atom. The lowest BCUT2D eigenvalue weighted by Gasteiger charge is -2.40. The number of nitrogens with zero attached hydrogens (tertiary/aromatic N) is 1. The van der Waals surface area contributed by atoms with E-state index < -0.39 is 5.41 Å². The SMILES string of the molecule is CCOC(=O)C1(c2ccc(C=C3CCN(C4CCC4)CC3)cc2)CCOCC1. The zero-order chi connectivity index (χ0) is 19.4. The van der Waals surface area contributed by atoms with Crippen molar-refractivity contribution in [3.8, 4) is 0 Å². The molecule has 1 aromatic rings. The van der Waals surface area contributed by atoms with Crippen LogP contribution < -0.4 is 0 Å². The normalized spacial score (nSPS) is 23.1. The van der Waals surface area contributed by atoms with E-state index in [0.717, 1.165) is 11.6 Å². The Hall–Kier alpha value is -1.65. The van der Waals surface area contributed by atoms with Gasteiger partial charge in [0.15, 0.2) is 0 Å². The van der Waals surface area contributed by atoms with E-state index in [1.165, 1.54) is 50.8 Å². The van der Waals surface area contributed by atoms with Crippen LogP contribution in [-0.2, 0) is 19.7 Å². The van der Waals surface area contributed by atoms with Gasteiger partial charge in [0.1, 0.15) is 0 Å². The van der Waals surface area contributed by atoms with Crippen molar-refractivity contribution in [1.29, 1.82) is 0 Å². The van der Waals surface area contributed by atoms with E-state index in [2.05, 4.69) is 35.2 Å². The maximum Gasteiger partial charge on any atom is 0.316 e. The molecule has 4 rings (SSSR count). The lowest BCUT2D eigenvalue weighted by molar-refractivity contribution is -0.154. The van der Waals surface area contributed by atoms with E-state index in [1.54, 1.807) is 5.57 Å². The van der Waals surface area contributed by atoms with Crippen molar-refractivity contribution in [1.82, 2.24) is 4.90 Å². The molecule has 28 heavy (non-hydrogen) atoms. The van der Waals surface area contributed by atoms with Crippen molar-refractivity contribution in [2.24, 2.45) is 0 Å². The summed E-state index contributed by atoms with van der Waals surface area (Å²) in [6.07, 6.45) is 10.3. The molecule has 2 saturated heterocycles. The average Bonchev–Trinajstić information content (AvgIpc) is 2.69. The molecule has 0 spiro atoms. The predicted molar refractivity (Wildman–Crippen MR) is 111 cm³/mol. The minimum absolute atomic E-state index is 0.104. The summed E-state index contributed by atoms with van der Waals surface area (Å²) < 4.78 is 10.9. The third-order valence-corrected chi connectivity index (χ3v) is 6.88. The van der Waals surface area contributed by atoms with Crippen LogP contribution in [0.4, 0.5) is 0 Å². The Morgan fingerprint density at radius 2 is 1.86 bits per heavy atom. The van der Waals surface area contributed by atoms with Gasteiger partial charge in [-0.3, -0.25) is 9.69 Å². The zero-order valence-electron chi connectivity index (χ0n) is 17.1. The molecule has 0 aromatic heterocycles. The zero-order valence-corrected chi connectivity index (χ0v) is 17.1. The molecule has 3 fully saturated rings. The monoisotopic (exact) mass is 383 g/mol. The summed E-state index contributed by atoms with van der Waals surface area (Å²) in [5.41, 5.74) is 3.31. The van der Waals surface area contributed by atoms with Gasteiger partial charge in [-0.25, -0.2) is 0 Å². The molecule has 2 heterocycles. The molecule has 1 aliphatic carbocycles. The molecular weight excluding hydrogens is 350 g/mol. The highest BCUT2D eigenvalue weighted by molar-refractivity contribution is 5.83. The van der Waals surface area contributed by atoms with Gasteiger partial charge < -0.3 is 9.47 Å². The summed E-state index contributed by atoms with van der Waals surface area (Å²) in [6.45, 7) is 5.94. The second kappa shape index (κ2) is 8.79. The fourth-order valence-corrected chi connectivity index (χ4v) is 4.81. The minimum Gasteiger partial charge on any atom is -0.465 e. The van der Waals surface area contributed by atoms with Crippen molar-refractivity contribution in [2.45, 2.75) is 63.3 Å². The summed E-state index contributed by atoms with van der Waals surface area (Å²) in [4.78, 5) is 15.4. The highest BCUT2D eigenvalue weighted by Crippen LogP contribution is 2.37. The Morgan fingerprint density at radius 3 is 2.43 bits per heavy atom. The number of carbonyl (C=O) groups excluding carboxylic acids is 1. The average molecular weight is 384 g/mol. The van der Waals surface area contributed by atoms with Gasteiger partial charge in [0.05, 0.1) is 12.0 Å². The first-order valence-electron chi connectivity index (χ1n) is 11.0. The lowest BCUT2D eigenvalue weighted by atomic mass is 9.74. The second-order valence-corrected chi connectivity index (χ2v) is 8.46. The van der Waals surface area contributed by atoms with Crippen LogP contribution in [0.5, 0.6) is 0 Å². The van der Waals surface area contributed by atoms with Gasteiger partial charge in [0.25, 0.3) is 0 Å². The molecule has 0 N–H and O–H groups in total. The van der Waals surface area contributed by atoms with Crippen LogP contribution in [-0.4, -0.2) is 49.8 Å². The maximum absolute atomic E-state index is 12.7. The number of hydrogen-bond acceptors (Lipinski definition) is 4. The topological polar surface area (TPSA) is 38.8 Å². The van der Waals surface area contributed by atoms with Crippen molar-refractivity contribution in [2.75, 3.05) is 32.9 Å². The summed E-state index contributed by atoms with van der Waals surface area (Å²) >= 11 is 0. The number of hydrogen-bond donors (Lipinski definition) is 0. The molecule has 2 aliphatic heterocycles. The number of rotatable bonds is 5. The Balaban J connectivity index is 1.44. The van der Waals surface area contributed by atoms with Crippen LogP contribution in [0, 0.1) is 0 Å². The number of esters is 1.